The molecule has 0 aromatic heterocycles. The van der Waals surface area contributed by atoms with E-state index in [1.807, 2.05) is 6.92 Å². The number of aliphatic imine (C=N–C) groups is 1. The second kappa shape index (κ2) is 22.1. The van der Waals surface area contributed by atoms with E-state index >= 15 is 0 Å². The van der Waals surface area contributed by atoms with Crippen LogP contribution in [0.25, 0.3) is 0 Å². The minimum atomic E-state index is -1.38. The molecular formula is C31H57N11O8. The predicted molar refractivity (Wildman–Crippen MR) is 185 cm³/mol. The highest BCUT2D eigenvalue weighted by Crippen LogP contribution is 2.20. The summed E-state index contributed by atoms with van der Waals surface area (Å²) in [5.41, 5.74) is 16.0. The monoisotopic (exact) mass is 711 g/mol. The molecule has 0 aromatic carbocycles. The van der Waals surface area contributed by atoms with Gasteiger partial charge >= 0.3 is 6.03 Å². The van der Waals surface area contributed by atoms with Crippen LogP contribution in [0.4, 0.5) is 4.79 Å². The summed E-state index contributed by atoms with van der Waals surface area (Å²) in [6.45, 7) is 8.76. The smallest absolute Gasteiger partial charge is 0.312 e. The average Bonchev–Trinajstić information content (AvgIpc) is 3.54. The van der Waals surface area contributed by atoms with Gasteiger partial charge in [-0.3, -0.25) is 33.8 Å². The maximum atomic E-state index is 13.9. The van der Waals surface area contributed by atoms with E-state index in [0.717, 1.165) is 0 Å². The van der Waals surface area contributed by atoms with Gasteiger partial charge < -0.3 is 59.1 Å². The molecule has 0 aliphatic carbocycles. The van der Waals surface area contributed by atoms with Gasteiger partial charge in [0.2, 0.25) is 35.4 Å². The summed E-state index contributed by atoms with van der Waals surface area (Å²) in [5, 5.41) is 25.6. The van der Waals surface area contributed by atoms with Crippen molar-refractivity contribution in [3.05, 3.63) is 0 Å². The largest absolute Gasteiger partial charge is 0.391 e. The summed E-state index contributed by atoms with van der Waals surface area (Å²) in [6, 6.07) is -6.34. The second-order valence-corrected chi connectivity index (χ2v) is 12.4. The van der Waals surface area contributed by atoms with E-state index < -0.39 is 77.8 Å². The van der Waals surface area contributed by atoms with Crippen molar-refractivity contribution in [3.63, 3.8) is 0 Å². The Bertz CT molecular complexity index is 1210. The molecule has 19 heteroatoms. The SMILES string of the molecule is CCNC(=O)[C@@H]1CCCN1C(=O)[C@H](CCCN=C(N)N)NC(=O)[C@@H](NC(=O)[C@H](CCCNC(N)=O)NC(=O)[C@@H](NC(C)=O)[C@@H](C)O)[C@@H](C)CC. The molecule has 0 spiro atoms. The predicted octanol–water partition coefficient (Wildman–Crippen LogP) is -3.00. The number of nitrogens with one attached hydrogen (secondary N) is 6. The van der Waals surface area contributed by atoms with Crippen LogP contribution < -0.4 is 49.1 Å². The Labute approximate surface area is 293 Å². The fourth-order valence-electron chi connectivity index (χ4n) is 5.45. The van der Waals surface area contributed by atoms with Crippen LogP contribution in [0.15, 0.2) is 4.99 Å². The Balaban J connectivity index is 3.32. The molecule has 7 atom stereocenters. The van der Waals surface area contributed by atoms with Gasteiger partial charge in [0.1, 0.15) is 30.2 Å². The third-order valence-corrected chi connectivity index (χ3v) is 8.27. The van der Waals surface area contributed by atoms with Gasteiger partial charge in [0.15, 0.2) is 5.96 Å². The van der Waals surface area contributed by atoms with Gasteiger partial charge in [-0.05, 0) is 58.3 Å². The number of guanidine groups is 1. The molecule has 0 radical (unpaired) electrons. The van der Waals surface area contributed by atoms with Gasteiger partial charge in [-0.2, -0.15) is 0 Å². The quantitative estimate of drug-likeness (QED) is 0.0327. The summed E-state index contributed by atoms with van der Waals surface area (Å²) in [5.74, 6) is -4.16. The number of nitrogens with two attached hydrogens (primary N) is 3. The molecule has 19 nitrogen and oxygen atoms in total. The first kappa shape index (κ1) is 43.3. The number of amides is 8. The summed E-state index contributed by atoms with van der Waals surface area (Å²) in [6.07, 6.45) is 0.849. The third kappa shape index (κ3) is 14.8. The number of likely N-dealkylation sites (N-methyl/N-ethyl adjacent to an activating group) is 1. The van der Waals surface area contributed by atoms with Crippen LogP contribution >= 0.6 is 0 Å². The highest BCUT2D eigenvalue weighted by molar-refractivity contribution is 5.96. The maximum Gasteiger partial charge on any atom is 0.312 e. The molecule has 1 fully saturated rings. The zero-order chi connectivity index (χ0) is 38.0. The van der Waals surface area contributed by atoms with E-state index in [0.29, 0.717) is 38.8 Å². The van der Waals surface area contributed by atoms with Crippen LogP contribution in [-0.2, 0) is 28.8 Å². The van der Waals surface area contributed by atoms with Crippen LogP contribution in [0.2, 0.25) is 0 Å². The van der Waals surface area contributed by atoms with Crippen LogP contribution in [0.3, 0.4) is 0 Å². The number of carbonyl (C=O) groups excluding carboxylic acids is 7. The lowest BCUT2D eigenvalue weighted by molar-refractivity contribution is -0.142. The molecule has 1 aliphatic heterocycles. The highest BCUT2D eigenvalue weighted by Gasteiger charge is 2.39. The highest BCUT2D eigenvalue weighted by atomic mass is 16.3. The Hall–Kier alpha value is -4.68. The van der Waals surface area contributed by atoms with Gasteiger partial charge in [0.25, 0.3) is 0 Å². The van der Waals surface area contributed by atoms with Crippen LogP contribution in [0.5, 0.6) is 0 Å². The Kier molecular flexibility index (Phi) is 19.2. The van der Waals surface area contributed by atoms with Crippen molar-refractivity contribution in [2.75, 3.05) is 26.2 Å². The van der Waals surface area contributed by atoms with Crippen LogP contribution in [-0.4, -0.2) is 120 Å². The van der Waals surface area contributed by atoms with E-state index in [4.69, 9.17) is 17.2 Å². The van der Waals surface area contributed by atoms with Crippen molar-refractivity contribution in [3.8, 4) is 0 Å². The molecule has 50 heavy (non-hydrogen) atoms. The molecule has 1 saturated heterocycles. The van der Waals surface area contributed by atoms with E-state index in [2.05, 4.69) is 36.9 Å². The summed E-state index contributed by atoms with van der Waals surface area (Å²) in [7, 11) is 0. The third-order valence-electron chi connectivity index (χ3n) is 8.27. The first-order valence-corrected chi connectivity index (χ1v) is 17.1. The van der Waals surface area contributed by atoms with Gasteiger partial charge in [-0.1, -0.05) is 20.3 Å². The van der Waals surface area contributed by atoms with Crippen molar-refractivity contribution in [1.29, 1.82) is 0 Å². The number of hydrogen-bond acceptors (Lipinski definition) is 9. The lowest BCUT2D eigenvalue weighted by Crippen LogP contribution is -2.61. The Morgan fingerprint density at radius 3 is 2.02 bits per heavy atom. The molecule has 1 heterocycles. The van der Waals surface area contributed by atoms with Crippen molar-refractivity contribution in [2.45, 2.75) is 116 Å². The zero-order valence-electron chi connectivity index (χ0n) is 29.8. The van der Waals surface area contributed by atoms with Crippen molar-refractivity contribution in [2.24, 2.45) is 28.1 Å². The van der Waals surface area contributed by atoms with Gasteiger partial charge in [-0.15, -0.1) is 0 Å². The number of aliphatic hydroxyl groups excluding tert-OH is 1. The molecule has 1 aliphatic rings. The van der Waals surface area contributed by atoms with Crippen LogP contribution in [0.1, 0.15) is 79.6 Å². The van der Waals surface area contributed by atoms with E-state index in [1.54, 1.807) is 13.8 Å². The molecule has 0 saturated carbocycles. The number of primary amides is 1. The van der Waals surface area contributed by atoms with Gasteiger partial charge in [0.05, 0.1) is 6.10 Å². The fraction of sp³-hybridized carbons (Fsp3) is 0.742. The number of aliphatic hydroxyl groups is 1. The molecule has 0 unspecified atom stereocenters. The Morgan fingerprint density at radius 1 is 0.840 bits per heavy atom. The minimum Gasteiger partial charge on any atom is -0.391 e. The second-order valence-electron chi connectivity index (χ2n) is 12.4. The lowest BCUT2D eigenvalue weighted by atomic mass is 9.96. The molecule has 1 rings (SSSR count). The molecule has 0 bridgehead atoms. The van der Waals surface area contributed by atoms with Crippen LogP contribution in [0, 0.1) is 5.92 Å². The van der Waals surface area contributed by atoms with E-state index in [9.17, 15) is 38.7 Å². The molecule has 0 aromatic rings. The maximum absolute atomic E-state index is 13.9. The average molecular weight is 712 g/mol. The van der Waals surface area contributed by atoms with Crippen molar-refractivity contribution >= 4 is 47.4 Å². The number of likely N-dealkylation sites (tertiary alicyclic amines) is 1. The summed E-state index contributed by atoms with van der Waals surface area (Å²) >= 11 is 0. The first-order valence-electron chi connectivity index (χ1n) is 17.1. The lowest BCUT2D eigenvalue weighted by Gasteiger charge is -2.31. The van der Waals surface area contributed by atoms with Gasteiger partial charge in [0, 0.05) is 33.1 Å². The number of rotatable bonds is 21. The molecule has 284 valence electrons. The molecule has 8 amide bonds. The number of nitrogens with zero attached hydrogens (tertiary/aromatic N) is 2. The minimum absolute atomic E-state index is 0.0125. The topological polar surface area (TPSA) is 306 Å². The van der Waals surface area contributed by atoms with Crippen molar-refractivity contribution in [1.82, 2.24) is 36.8 Å². The summed E-state index contributed by atoms with van der Waals surface area (Å²) in [4.78, 5) is 95.5. The first-order chi connectivity index (χ1) is 23.5. The summed E-state index contributed by atoms with van der Waals surface area (Å²) < 4.78 is 0. The number of carbonyl (C=O) groups is 7. The standard InChI is InChI=1S/C31H57N11O8/c1-6-17(3)23(41-25(45)20(11-8-15-37-31(34)50)39-28(48)24(18(4)43)38-19(5)44)27(47)40-21(12-9-14-36-30(32)33)29(49)42-16-10-13-22(42)26(46)35-7-2/h17-18,20-24,43H,6-16H2,1-5H3,(H,35,46)(H,38,44)(H,39,48)(H,40,47)(H,41,45)(H4,32,33,36)(H3,34,37,50)/t17-,18+,20-,21-,22-,23-,24-/m0/s1. The Morgan fingerprint density at radius 2 is 1.46 bits per heavy atom. The normalized spacial score (nSPS) is 17.5. The van der Waals surface area contributed by atoms with Crippen molar-refractivity contribution < 1.29 is 38.7 Å². The van der Waals surface area contributed by atoms with E-state index in [-0.39, 0.29) is 44.2 Å². The molecule has 13 N–H and O–H groups in total. The number of hydrogen-bond donors (Lipinski definition) is 10. The van der Waals surface area contributed by atoms with E-state index in [1.165, 1.54) is 18.7 Å². The number of urea groups is 1. The van der Waals surface area contributed by atoms with Gasteiger partial charge in [-0.25, -0.2) is 4.79 Å². The molecular weight excluding hydrogens is 654 g/mol. The zero-order valence-corrected chi connectivity index (χ0v) is 29.8. The fourth-order valence-corrected chi connectivity index (χ4v) is 5.45.